The fourth-order valence-corrected chi connectivity index (χ4v) is 10.4. The van der Waals surface area contributed by atoms with Gasteiger partial charge in [0.15, 0.2) is 14.5 Å². The zero-order chi connectivity index (χ0) is 29.4. The molecule has 0 aliphatic heterocycles. The van der Waals surface area contributed by atoms with Crippen LogP contribution in [0.4, 0.5) is 0 Å². The molecule has 6 heteroatoms. The summed E-state index contributed by atoms with van der Waals surface area (Å²) in [4.78, 5) is 0. The summed E-state index contributed by atoms with van der Waals surface area (Å²) in [5.74, 6) is 7.07. The van der Waals surface area contributed by atoms with Crippen molar-refractivity contribution in [3.05, 3.63) is 22.8 Å². The Bertz CT molecular complexity index is 785. The predicted octanol–water partition coefficient (Wildman–Crippen LogP) is 10.7. The van der Waals surface area contributed by atoms with Crippen LogP contribution >= 0.6 is 7.94 Å². The Kier molecular flexibility index (Phi) is 17.7. The summed E-state index contributed by atoms with van der Waals surface area (Å²) in [5, 5.41) is 0. The third-order valence-electron chi connectivity index (χ3n) is 8.09. The van der Waals surface area contributed by atoms with Gasteiger partial charge in [0, 0.05) is 11.7 Å². The van der Waals surface area contributed by atoms with Gasteiger partial charge in [-0.25, -0.2) is 0 Å². The van der Waals surface area contributed by atoms with E-state index in [9.17, 15) is 0 Å². The van der Waals surface area contributed by atoms with Gasteiger partial charge in [-0.15, -0.1) is 0 Å². The number of allylic oxidation sites excluding steroid dienone is 3. The molecule has 39 heavy (non-hydrogen) atoms. The van der Waals surface area contributed by atoms with Gasteiger partial charge in [-0.3, -0.25) is 0 Å². The Balaban J connectivity index is 3.12. The molecule has 0 bridgehead atoms. The van der Waals surface area contributed by atoms with Crippen LogP contribution in [0.15, 0.2) is 22.8 Å². The van der Waals surface area contributed by atoms with Crippen molar-refractivity contribution in [3.63, 3.8) is 0 Å². The van der Waals surface area contributed by atoms with Gasteiger partial charge in [-0.2, -0.15) is 13.6 Å². The largest absolute Gasteiger partial charge is 0.415 e. The summed E-state index contributed by atoms with van der Waals surface area (Å²) < 4.78 is 26.1. The highest BCUT2D eigenvalue weighted by atomic mass is 31.2. The van der Waals surface area contributed by atoms with Gasteiger partial charge >= 0.3 is 7.94 Å². The van der Waals surface area contributed by atoms with Crippen LogP contribution in [0.25, 0.3) is 0 Å². The van der Waals surface area contributed by atoms with Gasteiger partial charge in [0.25, 0.3) is 0 Å². The van der Waals surface area contributed by atoms with E-state index in [0.29, 0.717) is 32.1 Å². The molecule has 0 radical (unpaired) electrons. The van der Waals surface area contributed by atoms with Crippen molar-refractivity contribution in [2.24, 2.45) is 5.41 Å². The van der Waals surface area contributed by atoms with Crippen molar-refractivity contribution >= 4 is 16.3 Å². The molecule has 0 aromatic rings. The average molecular weight is 582 g/mol. The summed E-state index contributed by atoms with van der Waals surface area (Å²) in [6.07, 6.45) is 11.5. The Hall–Kier alpha value is -0.473. The van der Waals surface area contributed by atoms with Crippen LogP contribution in [0.2, 0.25) is 18.1 Å². The van der Waals surface area contributed by atoms with E-state index >= 15 is 0 Å². The van der Waals surface area contributed by atoms with Crippen molar-refractivity contribution in [2.45, 2.75) is 145 Å². The van der Waals surface area contributed by atoms with E-state index in [1.54, 1.807) is 0 Å². The normalized spacial score (nSPS) is 18.3. The molecule has 1 atom stereocenters. The van der Waals surface area contributed by atoms with Crippen LogP contribution in [-0.2, 0) is 18.0 Å². The highest BCUT2D eigenvalue weighted by Crippen LogP contribution is 2.62. The van der Waals surface area contributed by atoms with Crippen molar-refractivity contribution in [1.82, 2.24) is 0 Å². The minimum Gasteiger partial charge on any atom is -0.414 e. The van der Waals surface area contributed by atoms with Gasteiger partial charge in [0.1, 0.15) is 0 Å². The van der Waals surface area contributed by atoms with Crippen LogP contribution in [0.1, 0.15) is 121 Å². The van der Waals surface area contributed by atoms with E-state index < -0.39 is 16.3 Å². The van der Waals surface area contributed by atoms with Crippen LogP contribution in [-0.4, -0.2) is 40.4 Å². The number of hydrogen-bond donors (Lipinski definition) is 0. The monoisotopic (exact) mass is 581 g/mol. The fourth-order valence-electron chi connectivity index (χ4n) is 5.25. The first kappa shape index (κ1) is 36.6. The van der Waals surface area contributed by atoms with Crippen molar-refractivity contribution in [1.29, 1.82) is 0 Å². The van der Waals surface area contributed by atoms with Crippen LogP contribution in [0, 0.1) is 17.3 Å². The summed E-state index contributed by atoms with van der Waals surface area (Å²) in [6.45, 7) is 24.6. The molecule has 1 aliphatic rings. The lowest BCUT2D eigenvalue weighted by atomic mass is 9.72. The molecular weight excluding hydrogens is 519 g/mol. The quantitative estimate of drug-likeness (QED) is 0.0658. The summed E-state index contributed by atoms with van der Waals surface area (Å²) in [7, 11) is -4.06. The molecule has 0 N–H and O–H groups in total. The molecular formula is C33H62O4PSi+. The zero-order valence-electron chi connectivity index (χ0n) is 27.3. The molecule has 0 spiro atoms. The zero-order valence-corrected chi connectivity index (χ0v) is 29.2. The number of unbranched alkanes of at least 4 members (excludes halogenated alkanes) is 3. The van der Waals surface area contributed by atoms with E-state index in [4.69, 9.17) is 18.0 Å². The molecule has 1 aliphatic carbocycles. The molecule has 0 fully saturated rings. The number of hydrogen-bond acceptors (Lipinski definition) is 4. The molecule has 0 aromatic heterocycles. The molecule has 4 nitrogen and oxygen atoms in total. The molecule has 1 rings (SSSR count). The van der Waals surface area contributed by atoms with Crippen LogP contribution < -0.4 is 0 Å². The SMILES string of the molecule is CCCCO[P+](C/C=C(\C)C#CC1=C(C)C[C@@H](O[Si](CC)(CC)CC)CC1(C)C)(OCCCC)OCCCC. The van der Waals surface area contributed by atoms with Crippen molar-refractivity contribution in [3.8, 4) is 11.8 Å². The van der Waals surface area contributed by atoms with E-state index in [1.165, 1.54) is 29.3 Å². The Morgan fingerprint density at radius 1 is 0.897 bits per heavy atom. The standard InChI is InChI=1S/C33H62O4PSi/c1-11-17-23-34-38(35-24-18-12-2,36-25-19-13-3)26-22-29(7)20-21-32-30(8)27-31(28-33(32,9)10)37-39(14-4,15-5)16-6/h22,31H,11-19,23-28H2,1-10H3/q+1/b29-22+/t31-/m1/s1. The van der Waals surface area contributed by atoms with E-state index in [2.05, 4.69) is 87.2 Å². The van der Waals surface area contributed by atoms with E-state index in [-0.39, 0.29) is 5.41 Å². The Morgan fingerprint density at radius 2 is 1.38 bits per heavy atom. The van der Waals surface area contributed by atoms with E-state index in [0.717, 1.165) is 56.9 Å². The van der Waals surface area contributed by atoms with Gasteiger partial charge < -0.3 is 4.43 Å². The first-order valence-corrected chi connectivity index (χ1v) is 20.2. The smallest absolute Gasteiger partial charge is 0.414 e. The maximum absolute atomic E-state index is 6.91. The maximum atomic E-state index is 6.91. The molecule has 0 saturated heterocycles. The highest BCUT2D eigenvalue weighted by Gasteiger charge is 2.44. The minimum atomic E-state index is -2.44. The lowest BCUT2D eigenvalue weighted by Crippen LogP contribution is -2.43. The molecule has 0 aromatic carbocycles. The van der Waals surface area contributed by atoms with Gasteiger partial charge in [0.05, 0.1) is 19.8 Å². The summed E-state index contributed by atoms with van der Waals surface area (Å²) in [5.41, 5.74) is 3.74. The average Bonchev–Trinajstić information content (AvgIpc) is 2.90. The predicted molar refractivity (Wildman–Crippen MR) is 174 cm³/mol. The summed E-state index contributed by atoms with van der Waals surface area (Å²) >= 11 is 0. The second-order valence-corrected chi connectivity index (χ2v) is 19.0. The van der Waals surface area contributed by atoms with Crippen molar-refractivity contribution < 1.29 is 18.0 Å². The van der Waals surface area contributed by atoms with Gasteiger partial charge in [-0.05, 0) is 81.1 Å². The second kappa shape index (κ2) is 18.9. The molecule has 0 amide bonds. The lowest BCUT2D eigenvalue weighted by molar-refractivity contribution is 0.128. The maximum Gasteiger partial charge on any atom is 0.415 e. The fraction of sp³-hybridized carbons (Fsp3) is 0.818. The summed E-state index contributed by atoms with van der Waals surface area (Å²) in [6, 6.07) is 3.60. The van der Waals surface area contributed by atoms with Gasteiger partial charge in [0.2, 0.25) is 0 Å². The van der Waals surface area contributed by atoms with Crippen LogP contribution in [0.5, 0.6) is 0 Å². The van der Waals surface area contributed by atoms with Crippen LogP contribution in [0.3, 0.4) is 0 Å². The second-order valence-electron chi connectivity index (χ2n) is 11.9. The Morgan fingerprint density at radius 3 is 1.79 bits per heavy atom. The minimum absolute atomic E-state index is 0.0161. The Labute approximate surface area is 244 Å². The molecule has 0 heterocycles. The lowest BCUT2D eigenvalue weighted by Gasteiger charge is -2.41. The highest BCUT2D eigenvalue weighted by molar-refractivity contribution is 7.61. The van der Waals surface area contributed by atoms with E-state index in [1.807, 2.05) is 0 Å². The van der Waals surface area contributed by atoms with Gasteiger partial charge in [-0.1, -0.05) is 92.1 Å². The molecule has 0 saturated carbocycles. The first-order valence-electron chi connectivity index (χ1n) is 15.9. The molecule has 226 valence electrons. The first-order chi connectivity index (χ1) is 18.6. The number of rotatable bonds is 19. The third kappa shape index (κ3) is 12.5. The van der Waals surface area contributed by atoms with Crippen molar-refractivity contribution in [2.75, 3.05) is 26.0 Å². The topological polar surface area (TPSA) is 36.9 Å². The molecule has 0 unspecified atom stereocenters. The third-order valence-corrected chi connectivity index (χ3v) is 15.1.